The van der Waals surface area contributed by atoms with Crippen LogP contribution < -0.4 is 0 Å². The standard InChI is InChI=1S/C42H48F4O2S2.Ti/c1-41(2,3)27-19-25(39(47)29(21-27)37-31(43)13-11-14-32(37)44)23-49-35-17-9-7-8-10-18-36(35)50-24-26-20-28(42(4,5)6)22-30(40(26)48)38-33(45)15-12-16-34(38)46;/h11-16,19-22,35-36,47-48H,7-10,17-18,23-24H2,1-6H3;/t35-,36?;/m0./s1. The number of hydrogen-bond acceptors (Lipinski definition) is 2. The Kier molecular flexibility index (Phi) is 11.4. The van der Waals surface area contributed by atoms with Crippen LogP contribution in [0.2, 0.25) is 0 Å². The van der Waals surface area contributed by atoms with E-state index in [2.05, 4.69) is 41.5 Å². The molecule has 0 radical (unpaired) electrons. The zero-order chi connectivity index (χ0) is 36.8. The third kappa shape index (κ3) is 8.10. The average molecular weight is 773 g/mol. The van der Waals surface area contributed by atoms with Gasteiger partial charge >= 0.3 is 312 Å². The Morgan fingerprint density at radius 2 is 0.941 bits per heavy atom. The zero-order valence-electron chi connectivity index (χ0n) is 30.3. The summed E-state index contributed by atoms with van der Waals surface area (Å²) in [6, 6.07) is 15.1. The number of benzene rings is 4. The Balaban J connectivity index is 1.50. The fourth-order valence-corrected chi connectivity index (χ4v) is 28.1. The summed E-state index contributed by atoms with van der Waals surface area (Å²) in [5.41, 5.74) is 2.68. The van der Waals surface area contributed by atoms with E-state index in [1.165, 1.54) is 49.2 Å². The van der Waals surface area contributed by atoms with Crippen LogP contribution in [0.4, 0.5) is 17.6 Å². The van der Waals surface area contributed by atoms with Crippen LogP contribution in [-0.2, 0) is 37.8 Å². The molecule has 0 amide bonds. The van der Waals surface area contributed by atoms with Gasteiger partial charge in [0.25, 0.3) is 0 Å². The number of hydrogen-bond donors (Lipinski definition) is 2. The Bertz CT molecular complexity index is 1870. The number of phenolic OH excluding ortho intramolecular Hbond substituents is 2. The minimum atomic E-state index is -0.701. The summed E-state index contributed by atoms with van der Waals surface area (Å²) in [4.78, 5) is 0. The van der Waals surface area contributed by atoms with Gasteiger partial charge in [0.05, 0.1) is 0 Å². The van der Waals surface area contributed by atoms with E-state index >= 15 is 17.6 Å². The number of fused-ring (bicyclic) bond motifs is 1. The van der Waals surface area contributed by atoms with Gasteiger partial charge in [0.15, 0.2) is 0 Å². The third-order valence-corrected chi connectivity index (χ3v) is 26.2. The maximum absolute atomic E-state index is 15.2. The molecule has 1 saturated carbocycles. The predicted octanol–water partition coefficient (Wildman–Crippen LogP) is 12.8. The van der Waals surface area contributed by atoms with Crippen molar-refractivity contribution in [1.82, 2.24) is 0 Å². The predicted molar refractivity (Wildman–Crippen MR) is 202 cm³/mol. The molecule has 6 rings (SSSR count). The van der Waals surface area contributed by atoms with Crippen molar-refractivity contribution < 1.29 is 43.2 Å². The molecule has 1 aliphatic heterocycles. The second-order valence-corrected chi connectivity index (χ2v) is 27.5. The van der Waals surface area contributed by atoms with Crippen molar-refractivity contribution in [2.24, 2.45) is 0 Å². The first-order valence-corrected chi connectivity index (χ1v) is 24.6. The van der Waals surface area contributed by atoms with Crippen LogP contribution in [-0.4, -0.2) is 20.7 Å². The van der Waals surface area contributed by atoms with Crippen LogP contribution in [0.15, 0.2) is 60.7 Å². The van der Waals surface area contributed by atoms with Crippen molar-refractivity contribution in [3.63, 3.8) is 0 Å². The normalized spacial score (nSPS) is 21.0. The second-order valence-electron chi connectivity index (χ2n) is 16.1. The van der Waals surface area contributed by atoms with Gasteiger partial charge in [-0.1, -0.05) is 0 Å². The summed E-state index contributed by atoms with van der Waals surface area (Å²) in [7, 11) is -0.0551. The van der Waals surface area contributed by atoms with E-state index in [-0.39, 0.29) is 60.5 Å². The van der Waals surface area contributed by atoms with Gasteiger partial charge in [-0.3, -0.25) is 0 Å². The molecule has 1 aliphatic carbocycles. The van der Waals surface area contributed by atoms with E-state index in [1.54, 1.807) is 12.1 Å². The summed E-state index contributed by atoms with van der Waals surface area (Å²) in [5.74, 6) is -1.59. The molecule has 0 saturated heterocycles. The van der Waals surface area contributed by atoms with Gasteiger partial charge in [-0.2, -0.15) is 0 Å². The van der Waals surface area contributed by atoms with Gasteiger partial charge in [-0.15, -0.1) is 0 Å². The van der Waals surface area contributed by atoms with Crippen LogP contribution in [0.1, 0.15) is 102 Å². The van der Waals surface area contributed by atoms with Crippen LogP contribution in [0, 0.1) is 23.3 Å². The van der Waals surface area contributed by atoms with Crippen LogP contribution in [0.25, 0.3) is 22.3 Å². The molecule has 1 fully saturated rings. The molecular formula is C42H48F4O2S2Ti. The van der Waals surface area contributed by atoms with Crippen LogP contribution in [0.3, 0.4) is 0 Å². The topological polar surface area (TPSA) is 40.5 Å². The molecule has 4 aromatic carbocycles. The van der Waals surface area contributed by atoms with Gasteiger partial charge in [0, 0.05) is 0 Å². The molecule has 3 unspecified atom stereocenters. The second kappa shape index (κ2) is 15.2. The summed E-state index contributed by atoms with van der Waals surface area (Å²) in [5, 5.41) is 24.5. The van der Waals surface area contributed by atoms with Gasteiger partial charge in [-0.05, 0) is 0 Å². The third-order valence-electron chi connectivity index (χ3n) is 10.3. The molecule has 0 aromatic heterocycles. The van der Waals surface area contributed by atoms with Gasteiger partial charge in [-0.25, -0.2) is 0 Å². The molecule has 4 aromatic rings. The first-order valence-electron chi connectivity index (χ1n) is 17.8. The molecule has 9 heteroatoms. The van der Waals surface area contributed by atoms with Gasteiger partial charge < -0.3 is 0 Å². The van der Waals surface area contributed by atoms with Crippen LogP contribution >= 0.6 is 15.9 Å². The molecule has 0 bridgehead atoms. The van der Waals surface area contributed by atoms with Crippen LogP contribution in [0.5, 0.6) is 11.5 Å². The summed E-state index contributed by atoms with van der Waals surface area (Å²) in [6.07, 6.45) is 6.90. The molecule has 1 heterocycles. The average Bonchev–Trinajstić information content (AvgIpc) is 3.32. The molecular weight excluding hydrogens is 724 g/mol. The fourth-order valence-electron chi connectivity index (χ4n) is 7.30. The first-order chi connectivity index (χ1) is 24.0. The van der Waals surface area contributed by atoms with Crippen molar-refractivity contribution in [3.8, 4) is 33.8 Å². The molecule has 2 aliphatic rings. The maximum atomic E-state index is 15.2. The van der Waals surface area contributed by atoms with Crippen molar-refractivity contribution >= 4 is 15.9 Å². The quantitative estimate of drug-likeness (QED) is 0.151. The van der Waals surface area contributed by atoms with Crippen molar-refractivity contribution in [3.05, 3.63) is 106 Å². The SMILES string of the molecule is CC(C)(C)c1cc(C[S]2=[Ti]=[S](Cc3cc(C(C)(C)C)cc(-c4c(F)cccc4F)c3O)[C@H]3CCCCCCC32)c(O)c(-c2c(F)cccc2F)c1. The monoisotopic (exact) mass is 772 g/mol. The van der Waals surface area contributed by atoms with E-state index < -0.39 is 38.7 Å². The Hall–Kier alpha value is -2.39. The number of aromatic hydroxyl groups is 2. The molecule has 272 valence electrons. The van der Waals surface area contributed by atoms with Crippen molar-refractivity contribution in [1.29, 1.82) is 0 Å². The minimum absolute atomic E-state index is 0.0275. The molecule has 0 spiro atoms. The van der Waals surface area contributed by atoms with E-state index in [4.69, 9.17) is 0 Å². The Labute approximate surface area is 310 Å². The van der Waals surface area contributed by atoms with E-state index in [1.807, 2.05) is 12.1 Å². The summed E-state index contributed by atoms with van der Waals surface area (Å²) < 4.78 is 60.6. The Morgan fingerprint density at radius 3 is 1.27 bits per heavy atom. The molecule has 2 nitrogen and oxygen atoms in total. The van der Waals surface area contributed by atoms with Crippen molar-refractivity contribution in [2.75, 3.05) is 0 Å². The first kappa shape index (κ1) is 38.3. The van der Waals surface area contributed by atoms with Crippen molar-refractivity contribution in [2.45, 2.75) is 113 Å². The van der Waals surface area contributed by atoms with Gasteiger partial charge in [0.1, 0.15) is 0 Å². The van der Waals surface area contributed by atoms with E-state index in [0.29, 0.717) is 22.0 Å². The Morgan fingerprint density at radius 1 is 0.588 bits per heavy atom. The number of halogens is 4. The molecule has 51 heavy (non-hydrogen) atoms. The molecule has 2 N–H and O–H groups in total. The van der Waals surface area contributed by atoms with E-state index in [9.17, 15) is 10.2 Å². The summed E-state index contributed by atoms with van der Waals surface area (Å²) in [6.45, 7) is 12.4. The van der Waals surface area contributed by atoms with Gasteiger partial charge in [0.2, 0.25) is 0 Å². The fraction of sp³-hybridized carbons (Fsp3) is 0.429. The number of phenols is 2. The molecule has 4 atom stereocenters. The van der Waals surface area contributed by atoms with E-state index in [0.717, 1.165) is 47.9 Å². The summed E-state index contributed by atoms with van der Waals surface area (Å²) >= 11 is -0.624. The zero-order valence-corrected chi connectivity index (χ0v) is 33.5. The number of rotatable bonds is 6.